The highest BCUT2D eigenvalue weighted by molar-refractivity contribution is 8.07. The first kappa shape index (κ1) is 14.4. The molecular formula is C14H23NOS2. The molecule has 1 N–H and O–H groups in total. The molecule has 3 unspecified atom stereocenters. The molecule has 2 nitrogen and oxygen atoms in total. The molecule has 1 fully saturated rings. The Kier molecular flexibility index (Phi) is 5.99. The molecule has 4 heteroatoms. The van der Waals surface area contributed by atoms with Gasteiger partial charge in [-0.2, -0.15) is 23.5 Å². The van der Waals surface area contributed by atoms with Crippen LogP contribution in [0.4, 0.5) is 0 Å². The smallest absolute Gasteiger partial charge is 0.105 e. The van der Waals surface area contributed by atoms with E-state index in [2.05, 4.69) is 48.8 Å². The van der Waals surface area contributed by atoms with Gasteiger partial charge in [-0.15, -0.1) is 0 Å². The third-order valence-corrected chi connectivity index (χ3v) is 6.54. The minimum absolute atomic E-state index is 0.531. The number of hydrogen-bond acceptors (Lipinski definition) is 4. The van der Waals surface area contributed by atoms with Crippen LogP contribution < -0.4 is 5.32 Å². The van der Waals surface area contributed by atoms with Crippen LogP contribution in [0.3, 0.4) is 0 Å². The molecule has 2 rings (SSSR count). The summed E-state index contributed by atoms with van der Waals surface area (Å²) in [6.07, 6.45) is 3.97. The molecule has 0 spiro atoms. The van der Waals surface area contributed by atoms with E-state index in [1.54, 1.807) is 6.26 Å². The summed E-state index contributed by atoms with van der Waals surface area (Å²) in [6.45, 7) is 5.69. The van der Waals surface area contributed by atoms with Gasteiger partial charge in [-0.3, -0.25) is 0 Å². The van der Waals surface area contributed by atoms with E-state index in [4.69, 9.17) is 4.42 Å². The van der Waals surface area contributed by atoms with E-state index in [1.165, 1.54) is 17.9 Å². The van der Waals surface area contributed by atoms with Gasteiger partial charge in [-0.25, -0.2) is 0 Å². The van der Waals surface area contributed by atoms with Crippen LogP contribution in [-0.2, 0) is 6.42 Å². The van der Waals surface area contributed by atoms with Crippen LogP contribution in [-0.4, -0.2) is 34.6 Å². The standard InChI is InChI=1S/C14H23NOS2/c1-3-6-15-13(10-12-5-4-7-16-12)14-11(2)17-8-9-18-14/h4-5,7,11,13-15H,3,6,8-10H2,1-2H3. The molecule has 1 aromatic heterocycles. The first-order valence-electron chi connectivity index (χ1n) is 6.80. The molecule has 1 aliphatic heterocycles. The molecule has 102 valence electrons. The van der Waals surface area contributed by atoms with Crippen molar-refractivity contribution in [2.75, 3.05) is 18.1 Å². The van der Waals surface area contributed by atoms with Gasteiger partial charge in [0.2, 0.25) is 0 Å². The van der Waals surface area contributed by atoms with Crippen LogP contribution in [0, 0.1) is 0 Å². The van der Waals surface area contributed by atoms with Crippen molar-refractivity contribution in [1.82, 2.24) is 5.32 Å². The summed E-state index contributed by atoms with van der Waals surface area (Å²) in [5.41, 5.74) is 0. The number of thioether (sulfide) groups is 2. The van der Waals surface area contributed by atoms with Crippen molar-refractivity contribution >= 4 is 23.5 Å². The summed E-state index contributed by atoms with van der Waals surface area (Å²) in [6, 6.07) is 4.61. The lowest BCUT2D eigenvalue weighted by Gasteiger charge is -2.34. The van der Waals surface area contributed by atoms with Crippen molar-refractivity contribution in [1.29, 1.82) is 0 Å². The van der Waals surface area contributed by atoms with Crippen molar-refractivity contribution in [3.05, 3.63) is 24.2 Å². The van der Waals surface area contributed by atoms with Crippen molar-refractivity contribution < 1.29 is 4.42 Å². The Morgan fingerprint density at radius 3 is 2.94 bits per heavy atom. The normalized spacial score (nSPS) is 26.1. The Balaban J connectivity index is 1.98. The SMILES string of the molecule is CCCNC(Cc1ccco1)C1SCCSC1C. The number of nitrogens with one attached hydrogen (secondary N) is 1. The lowest BCUT2D eigenvalue weighted by molar-refractivity contribution is 0.430. The first-order chi connectivity index (χ1) is 8.81. The zero-order valence-corrected chi connectivity index (χ0v) is 12.9. The van der Waals surface area contributed by atoms with Gasteiger partial charge in [0.05, 0.1) is 6.26 Å². The highest BCUT2D eigenvalue weighted by Crippen LogP contribution is 2.34. The summed E-state index contributed by atoms with van der Waals surface area (Å²) in [5, 5.41) is 5.14. The molecular weight excluding hydrogens is 262 g/mol. The molecule has 1 aromatic rings. The van der Waals surface area contributed by atoms with E-state index in [1.807, 2.05) is 6.07 Å². The molecule has 1 aliphatic rings. The monoisotopic (exact) mass is 285 g/mol. The molecule has 0 amide bonds. The maximum absolute atomic E-state index is 5.51. The Labute approximate surface area is 119 Å². The van der Waals surface area contributed by atoms with Crippen LogP contribution >= 0.6 is 23.5 Å². The average Bonchev–Trinajstić information content (AvgIpc) is 2.88. The van der Waals surface area contributed by atoms with Gasteiger partial charge in [0, 0.05) is 34.5 Å². The van der Waals surface area contributed by atoms with Gasteiger partial charge >= 0.3 is 0 Å². The Morgan fingerprint density at radius 2 is 2.28 bits per heavy atom. The lowest BCUT2D eigenvalue weighted by atomic mass is 10.1. The summed E-state index contributed by atoms with van der Waals surface area (Å²) in [4.78, 5) is 0. The third-order valence-electron chi connectivity index (χ3n) is 3.29. The molecule has 0 radical (unpaired) electrons. The maximum Gasteiger partial charge on any atom is 0.105 e. The van der Waals surface area contributed by atoms with E-state index < -0.39 is 0 Å². The molecule has 1 saturated heterocycles. The van der Waals surface area contributed by atoms with Crippen molar-refractivity contribution in [3.8, 4) is 0 Å². The molecule has 0 aliphatic carbocycles. The first-order valence-corrected chi connectivity index (χ1v) is 8.90. The molecule has 0 aromatic carbocycles. The number of hydrogen-bond donors (Lipinski definition) is 1. The lowest BCUT2D eigenvalue weighted by Crippen LogP contribution is -2.46. The molecule has 3 atom stereocenters. The fourth-order valence-corrected chi connectivity index (χ4v) is 5.33. The Hall–Kier alpha value is -0.0600. The molecule has 2 heterocycles. The second kappa shape index (κ2) is 7.51. The zero-order chi connectivity index (χ0) is 12.8. The van der Waals surface area contributed by atoms with Crippen LogP contribution in [0.15, 0.2) is 22.8 Å². The number of furan rings is 1. The van der Waals surface area contributed by atoms with E-state index in [9.17, 15) is 0 Å². The van der Waals surface area contributed by atoms with E-state index in [-0.39, 0.29) is 0 Å². The Morgan fingerprint density at radius 1 is 1.44 bits per heavy atom. The maximum atomic E-state index is 5.51. The fraction of sp³-hybridized carbons (Fsp3) is 0.714. The topological polar surface area (TPSA) is 25.2 Å². The second-order valence-corrected chi connectivity index (χ2v) is 7.53. The molecule has 0 bridgehead atoms. The second-order valence-electron chi connectivity index (χ2n) is 4.76. The minimum Gasteiger partial charge on any atom is -0.469 e. The van der Waals surface area contributed by atoms with Crippen molar-refractivity contribution in [2.45, 2.75) is 43.2 Å². The van der Waals surface area contributed by atoms with Gasteiger partial charge < -0.3 is 9.73 Å². The zero-order valence-electron chi connectivity index (χ0n) is 11.2. The van der Waals surface area contributed by atoms with Gasteiger partial charge in [-0.05, 0) is 25.1 Å². The van der Waals surface area contributed by atoms with Crippen LogP contribution in [0.5, 0.6) is 0 Å². The fourth-order valence-electron chi connectivity index (χ4n) is 2.37. The minimum atomic E-state index is 0.531. The van der Waals surface area contributed by atoms with E-state index in [0.29, 0.717) is 11.3 Å². The summed E-state index contributed by atoms with van der Waals surface area (Å²) < 4.78 is 5.51. The highest BCUT2D eigenvalue weighted by Gasteiger charge is 2.30. The summed E-state index contributed by atoms with van der Waals surface area (Å²) in [7, 11) is 0. The molecule has 18 heavy (non-hydrogen) atoms. The quantitative estimate of drug-likeness (QED) is 0.866. The predicted molar refractivity (Wildman–Crippen MR) is 82.7 cm³/mol. The van der Waals surface area contributed by atoms with E-state index >= 15 is 0 Å². The predicted octanol–water partition coefficient (Wildman–Crippen LogP) is 3.43. The highest BCUT2D eigenvalue weighted by atomic mass is 32.2. The van der Waals surface area contributed by atoms with Crippen LogP contribution in [0.25, 0.3) is 0 Å². The molecule has 0 saturated carbocycles. The van der Waals surface area contributed by atoms with Crippen LogP contribution in [0.1, 0.15) is 26.0 Å². The average molecular weight is 285 g/mol. The van der Waals surface area contributed by atoms with E-state index in [0.717, 1.165) is 24.0 Å². The van der Waals surface area contributed by atoms with Crippen molar-refractivity contribution in [2.24, 2.45) is 0 Å². The summed E-state index contributed by atoms with van der Waals surface area (Å²) in [5.74, 6) is 3.68. The summed E-state index contributed by atoms with van der Waals surface area (Å²) >= 11 is 4.24. The van der Waals surface area contributed by atoms with Gasteiger partial charge in [0.15, 0.2) is 0 Å². The van der Waals surface area contributed by atoms with Crippen LogP contribution in [0.2, 0.25) is 0 Å². The van der Waals surface area contributed by atoms with Crippen molar-refractivity contribution in [3.63, 3.8) is 0 Å². The Bertz CT molecular complexity index is 329. The largest absolute Gasteiger partial charge is 0.469 e. The van der Waals surface area contributed by atoms with Gasteiger partial charge in [-0.1, -0.05) is 13.8 Å². The third kappa shape index (κ3) is 3.97. The van der Waals surface area contributed by atoms with Gasteiger partial charge in [0.25, 0.3) is 0 Å². The number of rotatable bonds is 6. The van der Waals surface area contributed by atoms with Gasteiger partial charge in [0.1, 0.15) is 5.76 Å².